The Hall–Kier alpha value is -2.08. The van der Waals surface area contributed by atoms with Crippen molar-refractivity contribution in [2.24, 2.45) is 0 Å². The minimum absolute atomic E-state index is 0.0279. The number of anilines is 1. The van der Waals surface area contributed by atoms with Crippen molar-refractivity contribution in [3.05, 3.63) is 58.6 Å². The van der Waals surface area contributed by atoms with E-state index in [-0.39, 0.29) is 5.91 Å². The topological polar surface area (TPSA) is 47.2 Å². The molecular weight excluding hydrogens is 362 g/mol. The molecule has 2 aromatic rings. The lowest BCUT2D eigenvalue weighted by Crippen LogP contribution is -3.28. The van der Waals surface area contributed by atoms with Crippen molar-refractivity contribution in [2.75, 3.05) is 44.6 Å². The summed E-state index contributed by atoms with van der Waals surface area (Å²) in [6, 6.07) is 14.0. The molecule has 0 unspecified atom stereocenters. The molecule has 1 amide bonds. The molecule has 2 heterocycles. The number of hydrogen-bond donors (Lipinski definition) is 3. The van der Waals surface area contributed by atoms with Gasteiger partial charge in [0.2, 0.25) is 0 Å². The number of nitrogens with one attached hydrogen (secondary N) is 3. The van der Waals surface area contributed by atoms with Crippen LogP contribution in [-0.4, -0.2) is 45.2 Å². The molecule has 0 radical (unpaired) electrons. The smallest absolute Gasteiger partial charge is 0.279 e. The molecule has 2 aromatic carbocycles. The van der Waals surface area contributed by atoms with E-state index in [0.717, 1.165) is 51.5 Å². The molecule has 4 rings (SSSR count). The first kappa shape index (κ1) is 18.3. The van der Waals surface area contributed by atoms with Gasteiger partial charge in [0, 0.05) is 12.0 Å². The summed E-state index contributed by atoms with van der Waals surface area (Å²) in [5.41, 5.74) is 3.41. The molecule has 3 N–H and O–H groups in total. The molecule has 2 aliphatic heterocycles. The summed E-state index contributed by atoms with van der Waals surface area (Å²) in [5, 5.41) is 3.50. The third-order valence-electron chi connectivity index (χ3n) is 5.43. The van der Waals surface area contributed by atoms with Crippen LogP contribution in [0.25, 0.3) is 0 Å². The van der Waals surface area contributed by atoms with E-state index in [2.05, 4.69) is 23.5 Å². The zero-order valence-corrected chi connectivity index (χ0v) is 16.1. The lowest BCUT2D eigenvalue weighted by Gasteiger charge is -2.29. The summed E-state index contributed by atoms with van der Waals surface area (Å²) in [6.45, 7) is 6.55. The number of piperazine rings is 1. The molecule has 5 nitrogen and oxygen atoms in total. The van der Waals surface area contributed by atoms with Crippen LogP contribution < -0.4 is 19.9 Å². The fraction of sp³-hybridized carbons (Fsp3) is 0.381. The number of quaternary nitrogens is 2. The summed E-state index contributed by atoms with van der Waals surface area (Å²) in [6.07, 6.45) is 1.02. The molecule has 0 atom stereocenters. The van der Waals surface area contributed by atoms with Gasteiger partial charge in [-0.05, 0) is 35.9 Å². The number of amides is 1. The molecule has 6 heteroatoms. The number of carbonyl (C=O) groups excluding carboxylic acids is 1. The first-order valence-electron chi connectivity index (χ1n) is 9.63. The number of carbonyl (C=O) groups is 1. The van der Waals surface area contributed by atoms with Crippen LogP contribution in [0.2, 0.25) is 5.02 Å². The van der Waals surface area contributed by atoms with Gasteiger partial charge in [0.05, 0.1) is 17.3 Å². The predicted molar refractivity (Wildman–Crippen MR) is 106 cm³/mol. The second kappa shape index (κ2) is 8.30. The second-order valence-electron chi connectivity index (χ2n) is 7.42. The van der Waals surface area contributed by atoms with E-state index in [0.29, 0.717) is 17.3 Å². The van der Waals surface area contributed by atoms with Gasteiger partial charge in [-0.15, -0.1) is 0 Å². The van der Waals surface area contributed by atoms with Crippen LogP contribution in [0.3, 0.4) is 0 Å². The minimum Gasteiger partial charge on any atom is -0.493 e. The predicted octanol–water partition coefficient (Wildman–Crippen LogP) is 0.197. The van der Waals surface area contributed by atoms with Gasteiger partial charge in [0.1, 0.15) is 38.5 Å². The third-order valence-corrected chi connectivity index (χ3v) is 5.76. The maximum Gasteiger partial charge on any atom is 0.279 e. The molecule has 142 valence electrons. The second-order valence-corrected chi connectivity index (χ2v) is 7.83. The zero-order chi connectivity index (χ0) is 18.6. The van der Waals surface area contributed by atoms with Gasteiger partial charge < -0.3 is 19.9 Å². The molecule has 0 aromatic heterocycles. The average Bonchev–Trinajstić information content (AvgIpc) is 3.13. The van der Waals surface area contributed by atoms with Gasteiger partial charge in [0.25, 0.3) is 5.91 Å². The Balaban J connectivity index is 1.24. The van der Waals surface area contributed by atoms with Crippen molar-refractivity contribution < 1.29 is 19.3 Å². The Labute approximate surface area is 164 Å². The van der Waals surface area contributed by atoms with E-state index < -0.39 is 0 Å². The van der Waals surface area contributed by atoms with Crippen molar-refractivity contribution in [3.8, 4) is 5.75 Å². The number of benzene rings is 2. The molecule has 0 saturated carbocycles. The summed E-state index contributed by atoms with van der Waals surface area (Å²) in [4.78, 5) is 15.2. The number of hydrogen-bond acceptors (Lipinski definition) is 2. The van der Waals surface area contributed by atoms with Gasteiger partial charge in [0.15, 0.2) is 6.54 Å². The van der Waals surface area contributed by atoms with Gasteiger partial charge in [-0.2, -0.15) is 0 Å². The van der Waals surface area contributed by atoms with E-state index >= 15 is 0 Å². The number of rotatable bonds is 5. The van der Waals surface area contributed by atoms with Crippen LogP contribution in [0.1, 0.15) is 11.1 Å². The summed E-state index contributed by atoms with van der Waals surface area (Å²) >= 11 is 6.11. The lowest BCUT2D eigenvalue weighted by molar-refractivity contribution is -1.02. The van der Waals surface area contributed by atoms with Crippen molar-refractivity contribution >= 4 is 23.2 Å². The molecule has 0 spiro atoms. The highest BCUT2D eigenvalue weighted by Crippen LogP contribution is 2.25. The molecular formula is C21H26ClN3O2+2. The van der Waals surface area contributed by atoms with Crippen LogP contribution >= 0.6 is 11.6 Å². The number of halogens is 1. The maximum absolute atomic E-state index is 12.3. The molecule has 27 heavy (non-hydrogen) atoms. The van der Waals surface area contributed by atoms with E-state index in [1.807, 2.05) is 18.2 Å². The van der Waals surface area contributed by atoms with E-state index in [9.17, 15) is 4.79 Å². The van der Waals surface area contributed by atoms with Crippen LogP contribution in [0.4, 0.5) is 5.69 Å². The highest BCUT2D eigenvalue weighted by atomic mass is 35.5. The van der Waals surface area contributed by atoms with Crippen molar-refractivity contribution in [1.29, 1.82) is 0 Å². The first-order valence-corrected chi connectivity index (χ1v) is 10.0. The highest BCUT2D eigenvalue weighted by Gasteiger charge is 2.25. The Morgan fingerprint density at radius 2 is 1.85 bits per heavy atom. The summed E-state index contributed by atoms with van der Waals surface area (Å²) in [7, 11) is 0. The van der Waals surface area contributed by atoms with Crippen molar-refractivity contribution in [3.63, 3.8) is 0 Å². The standard InChI is InChI=1S/C21H24ClN3O2/c22-18-3-1-2-4-19(18)23-21(26)15-25-10-8-24(9-11-25)14-16-5-6-20-17(13-16)7-12-27-20/h1-6,13H,7-12,14-15H2,(H,23,26)/p+2. The summed E-state index contributed by atoms with van der Waals surface area (Å²) < 4.78 is 5.59. The van der Waals surface area contributed by atoms with Crippen LogP contribution in [0, 0.1) is 0 Å². The average molecular weight is 388 g/mol. The van der Waals surface area contributed by atoms with Crippen molar-refractivity contribution in [2.45, 2.75) is 13.0 Å². The van der Waals surface area contributed by atoms with E-state index in [1.54, 1.807) is 11.0 Å². The number of ether oxygens (including phenoxy) is 1. The first-order chi connectivity index (χ1) is 13.2. The highest BCUT2D eigenvalue weighted by molar-refractivity contribution is 6.33. The van der Waals surface area contributed by atoms with Crippen molar-refractivity contribution in [1.82, 2.24) is 0 Å². The summed E-state index contributed by atoms with van der Waals surface area (Å²) in [5.74, 6) is 1.08. The quantitative estimate of drug-likeness (QED) is 0.686. The van der Waals surface area contributed by atoms with Gasteiger partial charge in [-0.3, -0.25) is 4.79 Å². The fourth-order valence-electron chi connectivity index (χ4n) is 3.93. The van der Waals surface area contributed by atoms with Gasteiger partial charge >= 0.3 is 0 Å². The molecule has 2 aliphatic rings. The molecule has 0 bridgehead atoms. The largest absolute Gasteiger partial charge is 0.493 e. The Morgan fingerprint density at radius 3 is 2.67 bits per heavy atom. The van der Waals surface area contributed by atoms with Gasteiger partial charge in [-0.1, -0.05) is 23.7 Å². The van der Waals surface area contributed by atoms with E-state index in [4.69, 9.17) is 16.3 Å². The van der Waals surface area contributed by atoms with Crippen LogP contribution in [0.15, 0.2) is 42.5 Å². The fourth-order valence-corrected chi connectivity index (χ4v) is 4.12. The van der Waals surface area contributed by atoms with Crippen LogP contribution in [-0.2, 0) is 17.8 Å². The third kappa shape index (κ3) is 4.61. The SMILES string of the molecule is O=C(C[NH+]1CC[NH+](Cc2ccc3c(c2)CCO3)CC1)Nc1ccccc1Cl. The number of para-hydroxylation sites is 1. The minimum atomic E-state index is 0.0279. The number of fused-ring (bicyclic) bond motifs is 1. The molecule has 1 saturated heterocycles. The lowest BCUT2D eigenvalue weighted by atomic mass is 10.1. The molecule has 0 aliphatic carbocycles. The van der Waals surface area contributed by atoms with Crippen LogP contribution in [0.5, 0.6) is 5.75 Å². The van der Waals surface area contributed by atoms with E-state index in [1.165, 1.54) is 16.0 Å². The van der Waals surface area contributed by atoms with Gasteiger partial charge in [-0.25, -0.2) is 0 Å². The Morgan fingerprint density at radius 1 is 1.07 bits per heavy atom. The molecule has 1 fully saturated rings. The monoisotopic (exact) mass is 387 g/mol. The normalized spacial score (nSPS) is 21.4. The zero-order valence-electron chi connectivity index (χ0n) is 15.4. The maximum atomic E-state index is 12.3. The Kier molecular flexibility index (Phi) is 5.62. The Bertz CT molecular complexity index is 819.